The van der Waals surface area contributed by atoms with Crippen LogP contribution in [-0.2, 0) is 0 Å². The predicted molar refractivity (Wildman–Crippen MR) is 93.1 cm³/mol. The van der Waals surface area contributed by atoms with Gasteiger partial charge in [0.15, 0.2) is 0 Å². The molecule has 0 spiro atoms. The van der Waals surface area contributed by atoms with Crippen molar-refractivity contribution in [1.82, 2.24) is 4.90 Å². The molecule has 116 valence electrons. The van der Waals surface area contributed by atoms with E-state index in [1.54, 1.807) is 7.11 Å². The number of carbonyl (C=O) groups is 1. The first-order valence-corrected chi connectivity index (χ1v) is 8.77. The number of halogens is 1. The Labute approximate surface area is 142 Å². The second-order valence-electron chi connectivity index (χ2n) is 5.11. The number of benzene rings is 1. The number of hydrogen-bond acceptors (Lipinski definition) is 4. The monoisotopic (exact) mass is 380 g/mol. The number of ether oxygens (including phenoxy) is 1. The molecule has 1 aromatic carbocycles. The van der Waals surface area contributed by atoms with Crippen LogP contribution < -0.4 is 9.64 Å². The molecule has 0 radical (unpaired) electrons. The summed E-state index contributed by atoms with van der Waals surface area (Å²) in [7, 11) is 1.68. The molecule has 22 heavy (non-hydrogen) atoms. The quantitative estimate of drug-likeness (QED) is 0.816. The van der Waals surface area contributed by atoms with Crippen molar-refractivity contribution in [1.29, 1.82) is 0 Å². The van der Waals surface area contributed by atoms with E-state index >= 15 is 0 Å². The maximum atomic E-state index is 12.4. The van der Waals surface area contributed by atoms with Crippen LogP contribution in [0.1, 0.15) is 9.67 Å². The van der Waals surface area contributed by atoms with Crippen molar-refractivity contribution in [2.24, 2.45) is 0 Å². The van der Waals surface area contributed by atoms with Gasteiger partial charge >= 0.3 is 0 Å². The van der Waals surface area contributed by atoms with Crippen LogP contribution in [0.3, 0.4) is 0 Å². The van der Waals surface area contributed by atoms with Crippen molar-refractivity contribution in [3.63, 3.8) is 0 Å². The molecule has 0 saturated carbocycles. The first kappa shape index (κ1) is 15.4. The van der Waals surface area contributed by atoms with E-state index in [0.29, 0.717) is 0 Å². The first-order valence-electron chi connectivity index (χ1n) is 7.09. The largest absolute Gasteiger partial charge is 0.497 e. The number of methoxy groups -OCH3 is 1. The lowest BCUT2D eigenvalue weighted by atomic mass is 10.2. The lowest BCUT2D eigenvalue weighted by molar-refractivity contribution is 0.0751. The van der Waals surface area contributed by atoms with E-state index in [2.05, 4.69) is 26.9 Å². The number of hydrogen-bond donors (Lipinski definition) is 0. The van der Waals surface area contributed by atoms with E-state index in [-0.39, 0.29) is 5.91 Å². The lowest BCUT2D eigenvalue weighted by Gasteiger charge is -2.36. The molecular weight excluding hydrogens is 364 g/mol. The van der Waals surface area contributed by atoms with E-state index < -0.39 is 0 Å². The molecule has 4 nitrogen and oxygen atoms in total. The Balaban J connectivity index is 1.63. The number of nitrogens with zero attached hydrogens (tertiary/aromatic N) is 2. The average Bonchev–Trinajstić information content (AvgIpc) is 3.01. The minimum atomic E-state index is 0.126. The number of anilines is 1. The Hall–Kier alpha value is -1.53. The number of thiophene rings is 1. The van der Waals surface area contributed by atoms with Crippen LogP contribution >= 0.6 is 27.3 Å². The number of rotatable bonds is 3. The molecule has 0 N–H and O–H groups in total. The molecule has 1 aromatic heterocycles. The summed E-state index contributed by atoms with van der Waals surface area (Å²) >= 11 is 4.88. The molecule has 6 heteroatoms. The van der Waals surface area contributed by atoms with Gasteiger partial charge in [-0.1, -0.05) is 6.07 Å². The molecule has 1 amide bonds. The van der Waals surface area contributed by atoms with Crippen LogP contribution in [0.4, 0.5) is 5.69 Å². The minimum absolute atomic E-state index is 0.126. The van der Waals surface area contributed by atoms with Gasteiger partial charge in [-0.2, -0.15) is 0 Å². The van der Waals surface area contributed by atoms with Crippen molar-refractivity contribution in [2.75, 3.05) is 38.2 Å². The molecular formula is C16H17BrN2O2S. The van der Waals surface area contributed by atoms with Gasteiger partial charge in [-0.3, -0.25) is 4.79 Å². The zero-order valence-corrected chi connectivity index (χ0v) is 14.7. The fourth-order valence-corrected chi connectivity index (χ4v) is 3.95. The molecule has 1 saturated heterocycles. The summed E-state index contributed by atoms with van der Waals surface area (Å²) in [6, 6.07) is 9.94. The summed E-state index contributed by atoms with van der Waals surface area (Å²) in [4.78, 5) is 17.4. The van der Waals surface area contributed by atoms with Gasteiger partial charge in [-0.05, 0) is 34.1 Å². The van der Waals surface area contributed by atoms with E-state index in [1.807, 2.05) is 34.5 Å². The molecule has 2 heterocycles. The van der Waals surface area contributed by atoms with Crippen molar-refractivity contribution < 1.29 is 9.53 Å². The van der Waals surface area contributed by atoms with Crippen molar-refractivity contribution >= 4 is 38.9 Å². The van der Waals surface area contributed by atoms with Gasteiger partial charge in [0.1, 0.15) is 5.75 Å². The Morgan fingerprint density at radius 3 is 2.64 bits per heavy atom. The van der Waals surface area contributed by atoms with Gasteiger partial charge in [0, 0.05) is 47.8 Å². The van der Waals surface area contributed by atoms with Gasteiger partial charge in [0.2, 0.25) is 0 Å². The van der Waals surface area contributed by atoms with Crippen LogP contribution in [-0.4, -0.2) is 44.1 Å². The molecule has 0 bridgehead atoms. The Bertz CT molecular complexity index is 666. The third-order valence-electron chi connectivity index (χ3n) is 3.76. The van der Waals surface area contributed by atoms with E-state index in [9.17, 15) is 4.79 Å². The fraction of sp³-hybridized carbons (Fsp3) is 0.312. The third kappa shape index (κ3) is 3.28. The van der Waals surface area contributed by atoms with Crippen LogP contribution in [0.2, 0.25) is 0 Å². The standard InChI is InChI=1S/C16H17BrN2O2S/c1-21-14-4-2-3-13(10-14)18-5-7-19(8-6-18)16(20)15-9-12(17)11-22-15/h2-4,9-11H,5-8H2,1H3. The zero-order chi connectivity index (χ0) is 15.5. The number of piperazine rings is 1. The first-order chi connectivity index (χ1) is 10.7. The number of carbonyl (C=O) groups excluding carboxylic acids is 1. The fourth-order valence-electron chi connectivity index (χ4n) is 2.56. The molecule has 3 rings (SSSR count). The molecule has 1 aliphatic heterocycles. The second kappa shape index (κ2) is 6.71. The second-order valence-corrected chi connectivity index (χ2v) is 6.94. The van der Waals surface area contributed by atoms with Gasteiger partial charge in [-0.25, -0.2) is 0 Å². The highest BCUT2D eigenvalue weighted by Gasteiger charge is 2.23. The lowest BCUT2D eigenvalue weighted by Crippen LogP contribution is -2.48. The Kier molecular flexibility index (Phi) is 4.69. The SMILES string of the molecule is COc1cccc(N2CCN(C(=O)c3cc(Br)cs3)CC2)c1. The summed E-state index contributed by atoms with van der Waals surface area (Å²) in [6.45, 7) is 3.16. The third-order valence-corrected chi connectivity index (χ3v) is 5.44. The molecule has 0 unspecified atom stereocenters. The summed E-state index contributed by atoms with van der Waals surface area (Å²) in [5.41, 5.74) is 1.14. The summed E-state index contributed by atoms with van der Waals surface area (Å²) in [5.74, 6) is 0.987. The van der Waals surface area contributed by atoms with Gasteiger partial charge < -0.3 is 14.5 Å². The molecule has 0 atom stereocenters. The summed E-state index contributed by atoms with van der Waals surface area (Å²) in [5, 5.41) is 1.94. The average molecular weight is 381 g/mol. The molecule has 1 aliphatic rings. The van der Waals surface area contributed by atoms with E-state index in [0.717, 1.165) is 47.0 Å². The maximum absolute atomic E-state index is 12.4. The predicted octanol–water partition coefficient (Wildman–Crippen LogP) is 3.48. The van der Waals surface area contributed by atoms with E-state index in [1.165, 1.54) is 11.3 Å². The van der Waals surface area contributed by atoms with Gasteiger partial charge in [0.25, 0.3) is 5.91 Å². The van der Waals surface area contributed by atoms with Crippen molar-refractivity contribution in [3.05, 3.63) is 45.1 Å². The zero-order valence-electron chi connectivity index (χ0n) is 12.3. The Morgan fingerprint density at radius 1 is 1.23 bits per heavy atom. The highest BCUT2D eigenvalue weighted by Crippen LogP contribution is 2.24. The van der Waals surface area contributed by atoms with Crippen molar-refractivity contribution in [2.45, 2.75) is 0 Å². The van der Waals surface area contributed by atoms with Crippen LogP contribution in [0.25, 0.3) is 0 Å². The van der Waals surface area contributed by atoms with E-state index in [4.69, 9.17) is 4.74 Å². The molecule has 1 fully saturated rings. The van der Waals surface area contributed by atoms with Crippen molar-refractivity contribution in [3.8, 4) is 5.75 Å². The van der Waals surface area contributed by atoms with Crippen LogP contribution in [0.15, 0.2) is 40.2 Å². The highest BCUT2D eigenvalue weighted by molar-refractivity contribution is 9.10. The minimum Gasteiger partial charge on any atom is -0.497 e. The summed E-state index contributed by atoms with van der Waals surface area (Å²) < 4.78 is 6.24. The normalized spacial score (nSPS) is 15.0. The van der Waals surface area contributed by atoms with Crippen LogP contribution in [0, 0.1) is 0 Å². The van der Waals surface area contributed by atoms with Gasteiger partial charge in [0.05, 0.1) is 12.0 Å². The van der Waals surface area contributed by atoms with Gasteiger partial charge in [-0.15, -0.1) is 11.3 Å². The van der Waals surface area contributed by atoms with Crippen LogP contribution in [0.5, 0.6) is 5.75 Å². The highest BCUT2D eigenvalue weighted by atomic mass is 79.9. The molecule has 2 aromatic rings. The topological polar surface area (TPSA) is 32.8 Å². The summed E-state index contributed by atoms with van der Waals surface area (Å²) in [6.07, 6.45) is 0. The Morgan fingerprint density at radius 2 is 2.00 bits per heavy atom. The molecule has 0 aliphatic carbocycles. The number of amides is 1. The smallest absolute Gasteiger partial charge is 0.264 e. The maximum Gasteiger partial charge on any atom is 0.264 e.